The third-order valence-electron chi connectivity index (χ3n) is 2.64. The highest BCUT2D eigenvalue weighted by atomic mass is 16.5. The summed E-state index contributed by atoms with van der Waals surface area (Å²) in [6.45, 7) is 4.20. The minimum atomic E-state index is -1.04. The van der Waals surface area contributed by atoms with Crippen LogP contribution < -0.4 is 4.74 Å². The van der Waals surface area contributed by atoms with E-state index < -0.39 is 5.97 Å². The van der Waals surface area contributed by atoms with Gasteiger partial charge in [0.1, 0.15) is 12.4 Å². The second-order valence-electron chi connectivity index (χ2n) is 4.25. The van der Waals surface area contributed by atoms with E-state index in [0.29, 0.717) is 5.82 Å². The van der Waals surface area contributed by atoms with Crippen molar-refractivity contribution in [2.45, 2.75) is 20.5 Å². The molecule has 0 radical (unpaired) electrons. The molecule has 0 saturated carbocycles. The molecular weight excluding hydrogens is 244 g/mol. The molecule has 19 heavy (non-hydrogen) atoms. The first-order valence-corrected chi connectivity index (χ1v) is 5.80. The van der Waals surface area contributed by atoms with Crippen LogP contribution in [-0.2, 0) is 6.61 Å². The molecule has 2 aromatic rings. The maximum Gasteiger partial charge on any atom is 0.338 e. The lowest BCUT2D eigenvalue weighted by atomic mass is 10.1. The summed E-state index contributed by atoms with van der Waals surface area (Å²) in [4.78, 5) is 18.5. The second-order valence-corrected chi connectivity index (χ2v) is 4.25. The van der Waals surface area contributed by atoms with Gasteiger partial charge in [-0.1, -0.05) is 17.7 Å². The number of aromatic carboxylic acids is 1. The van der Waals surface area contributed by atoms with E-state index in [0.717, 1.165) is 11.3 Å². The number of carboxylic acid groups (broad SMARTS) is 1. The Hall–Kier alpha value is -2.43. The van der Waals surface area contributed by atoms with Crippen LogP contribution in [0.2, 0.25) is 0 Å². The Balaban J connectivity index is 2.04. The Labute approximate surface area is 110 Å². The largest absolute Gasteiger partial charge is 0.485 e. The van der Waals surface area contributed by atoms with E-state index in [2.05, 4.69) is 9.97 Å². The van der Waals surface area contributed by atoms with Gasteiger partial charge in [0.25, 0.3) is 0 Å². The molecular formula is C14H14N2O3. The summed E-state index contributed by atoms with van der Waals surface area (Å²) < 4.78 is 5.61. The van der Waals surface area contributed by atoms with Crippen molar-refractivity contribution in [3.05, 3.63) is 53.1 Å². The molecule has 98 valence electrons. The Morgan fingerprint density at radius 3 is 2.53 bits per heavy atom. The minimum Gasteiger partial charge on any atom is -0.485 e. The molecule has 1 N–H and O–H groups in total. The quantitative estimate of drug-likeness (QED) is 0.911. The lowest BCUT2D eigenvalue weighted by Crippen LogP contribution is -2.05. The van der Waals surface area contributed by atoms with E-state index in [4.69, 9.17) is 9.84 Å². The van der Waals surface area contributed by atoms with E-state index >= 15 is 0 Å². The van der Waals surface area contributed by atoms with Crippen molar-refractivity contribution in [2.75, 3.05) is 0 Å². The fourth-order valence-electron chi connectivity index (χ4n) is 1.64. The number of nitrogens with zero attached hydrogens (tertiary/aromatic N) is 2. The third-order valence-corrected chi connectivity index (χ3v) is 2.64. The lowest BCUT2D eigenvalue weighted by Gasteiger charge is -2.08. The monoisotopic (exact) mass is 258 g/mol. The van der Waals surface area contributed by atoms with Crippen molar-refractivity contribution in [1.29, 1.82) is 0 Å². The van der Waals surface area contributed by atoms with Crippen molar-refractivity contribution in [2.24, 2.45) is 0 Å². The van der Waals surface area contributed by atoms with Crippen LogP contribution in [0.4, 0.5) is 0 Å². The number of carboxylic acids is 1. The van der Waals surface area contributed by atoms with Gasteiger partial charge in [-0.2, -0.15) is 0 Å². The maximum atomic E-state index is 10.7. The number of benzene rings is 1. The van der Waals surface area contributed by atoms with Crippen molar-refractivity contribution < 1.29 is 14.6 Å². The van der Waals surface area contributed by atoms with E-state index in [1.54, 1.807) is 0 Å². The van der Waals surface area contributed by atoms with E-state index in [1.807, 2.05) is 32.0 Å². The Bertz CT molecular complexity index is 594. The molecule has 0 spiro atoms. The van der Waals surface area contributed by atoms with Crippen LogP contribution in [0.15, 0.2) is 30.6 Å². The number of ether oxygens (including phenoxy) is 1. The van der Waals surface area contributed by atoms with Crippen LogP contribution in [0.1, 0.15) is 27.3 Å². The van der Waals surface area contributed by atoms with Gasteiger partial charge in [-0.25, -0.2) is 14.8 Å². The molecule has 0 aliphatic carbocycles. The van der Waals surface area contributed by atoms with Crippen LogP contribution >= 0.6 is 0 Å². The number of hydrogen-bond donors (Lipinski definition) is 1. The topological polar surface area (TPSA) is 72.3 Å². The zero-order valence-electron chi connectivity index (χ0n) is 10.8. The first kappa shape index (κ1) is 13.0. The van der Waals surface area contributed by atoms with Crippen molar-refractivity contribution >= 4 is 5.97 Å². The molecule has 0 aliphatic heterocycles. The normalized spacial score (nSPS) is 10.2. The van der Waals surface area contributed by atoms with Crippen LogP contribution in [-0.4, -0.2) is 21.0 Å². The summed E-state index contributed by atoms with van der Waals surface area (Å²) in [6, 6.07) is 5.90. The summed E-state index contributed by atoms with van der Waals surface area (Å²) in [5, 5.41) is 8.73. The first-order chi connectivity index (χ1) is 9.06. The maximum absolute atomic E-state index is 10.7. The molecule has 1 heterocycles. The van der Waals surface area contributed by atoms with E-state index in [1.165, 1.54) is 18.0 Å². The smallest absolute Gasteiger partial charge is 0.338 e. The predicted octanol–water partition coefficient (Wildman–Crippen LogP) is 2.37. The molecule has 5 heteroatoms. The van der Waals surface area contributed by atoms with Gasteiger partial charge in [-0.3, -0.25) is 0 Å². The minimum absolute atomic E-state index is 0.0651. The lowest BCUT2D eigenvalue weighted by molar-refractivity contribution is 0.0695. The van der Waals surface area contributed by atoms with E-state index in [9.17, 15) is 4.79 Å². The summed E-state index contributed by atoms with van der Waals surface area (Å²) in [5.41, 5.74) is 2.28. The molecule has 1 aromatic carbocycles. The average molecular weight is 258 g/mol. The van der Waals surface area contributed by atoms with Gasteiger partial charge in [-0.05, 0) is 25.5 Å². The highest BCUT2D eigenvalue weighted by molar-refractivity contribution is 5.86. The van der Waals surface area contributed by atoms with Crippen LogP contribution in [0.3, 0.4) is 0 Å². The van der Waals surface area contributed by atoms with Gasteiger partial charge >= 0.3 is 5.97 Å². The van der Waals surface area contributed by atoms with Crippen molar-refractivity contribution in [1.82, 2.24) is 9.97 Å². The summed E-state index contributed by atoms with van der Waals surface area (Å²) >= 11 is 0. The van der Waals surface area contributed by atoms with Gasteiger partial charge in [0.2, 0.25) is 0 Å². The Morgan fingerprint density at radius 2 is 1.95 bits per heavy atom. The van der Waals surface area contributed by atoms with Gasteiger partial charge < -0.3 is 9.84 Å². The van der Waals surface area contributed by atoms with Crippen LogP contribution in [0.5, 0.6) is 5.75 Å². The molecule has 5 nitrogen and oxygen atoms in total. The molecule has 0 aliphatic rings. The predicted molar refractivity (Wildman–Crippen MR) is 69.2 cm³/mol. The SMILES string of the molecule is Cc1ccc(OCc2ncc(C(=O)O)cn2)c(C)c1. The molecule has 0 unspecified atom stereocenters. The molecule has 0 bridgehead atoms. The molecule has 2 rings (SSSR count). The summed E-state index contributed by atoms with van der Waals surface area (Å²) in [5.74, 6) is 0.184. The zero-order chi connectivity index (χ0) is 13.8. The summed E-state index contributed by atoms with van der Waals surface area (Å²) in [6.07, 6.45) is 2.55. The molecule has 0 amide bonds. The fraction of sp³-hybridized carbons (Fsp3) is 0.214. The zero-order valence-corrected chi connectivity index (χ0v) is 10.8. The van der Waals surface area contributed by atoms with Gasteiger partial charge in [0, 0.05) is 12.4 Å². The third kappa shape index (κ3) is 3.28. The molecule has 1 aromatic heterocycles. The number of aromatic nitrogens is 2. The van der Waals surface area contributed by atoms with Gasteiger partial charge in [0.05, 0.1) is 5.56 Å². The van der Waals surface area contributed by atoms with Crippen LogP contribution in [0, 0.1) is 13.8 Å². The highest BCUT2D eigenvalue weighted by Crippen LogP contribution is 2.19. The Kier molecular flexibility index (Phi) is 3.75. The second kappa shape index (κ2) is 5.48. The standard InChI is InChI=1S/C14H14N2O3/c1-9-3-4-12(10(2)5-9)19-8-13-15-6-11(7-16-13)14(17)18/h3-7H,8H2,1-2H3,(H,17,18). The molecule has 0 saturated heterocycles. The van der Waals surface area contributed by atoms with Gasteiger partial charge in [0.15, 0.2) is 5.82 Å². The molecule has 0 fully saturated rings. The fourth-order valence-corrected chi connectivity index (χ4v) is 1.64. The Morgan fingerprint density at radius 1 is 1.26 bits per heavy atom. The average Bonchev–Trinajstić information content (AvgIpc) is 2.38. The number of aryl methyl sites for hydroxylation is 2. The van der Waals surface area contributed by atoms with Crippen molar-refractivity contribution in [3.63, 3.8) is 0 Å². The summed E-state index contributed by atoms with van der Waals surface area (Å²) in [7, 11) is 0. The molecule has 0 atom stereocenters. The van der Waals surface area contributed by atoms with Crippen molar-refractivity contribution in [3.8, 4) is 5.75 Å². The number of carbonyl (C=O) groups is 1. The van der Waals surface area contributed by atoms with Crippen LogP contribution in [0.25, 0.3) is 0 Å². The highest BCUT2D eigenvalue weighted by Gasteiger charge is 2.05. The van der Waals surface area contributed by atoms with Gasteiger partial charge in [-0.15, -0.1) is 0 Å². The van der Waals surface area contributed by atoms with E-state index in [-0.39, 0.29) is 12.2 Å². The number of rotatable bonds is 4. The number of hydrogen-bond acceptors (Lipinski definition) is 4. The first-order valence-electron chi connectivity index (χ1n) is 5.80.